The van der Waals surface area contributed by atoms with Crippen molar-refractivity contribution in [3.63, 3.8) is 0 Å². The van der Waals surface area contributed by atoms with Crippen LogP contribution >= 0.6 is 0 Å². The van der Waals surface area contributed by atoms with Gasteiger partial charge in [0.25, 0.3) is 0 Å². The van der Waals surface area contributed by atoms with Gasteiger partial charge in [0.1, 0.15) is 24.0 Å². The molecule has 1 saturated heterocycles. The highest BCUT2D eigenvalue weighted by Gasteiger charge is 2.47. The van der Waals surface area contributed by atoms with Gasteiger partial charge in [-0.25, -0.2) is 14.0 Å². The van der Waals surface area contributed by atoms with Gasteiger partial charge >= 0.3 is 12.1 Å². The summed E-state index contributed by atoms with van der Waals surface area (Å²) in [4.78, 5) is 58.4. The number of amides is 3. The maximum atomic E-state index is 14.3. The predicted molar refractivity (Wildman–Crippen MR) is 187 cm³/mol. The normalized spacial score (nSPS) is 24.0. The number of fused-ring (bicyclic) bond motifs is 1. The molecule has 0 radical (unpaired) electrons. The van der Waals surface area contributed by atoms with Gasteiger partial charge in [-0.1, -0.05) is 39.0 Å². The molecule has 1 aromatic carbocycles. The molecule has 0 bridgehead atoms. The molecule has 49 heavy (non-hydrogen) atoms. The number of hydrogen-bond acceptors (Lipinski definition) is 6. The molecule has 2 aliphatic carbocycles. The highest BCUT2D eigenvalue weighted by molar-refractivity contribution is 6.02. The number of H-pyrrole nitrogens is 1. The van der Waals surface area contributed by atoms with Crippen LogP contribution in [0.1, 0.15) is 115 Å². The summed E-state index contributed by atoms with van der Waals surface area (Å²) in [5.41, 5.74) is 2.01. The Hall–Kier alpha value is -3.63. The second kappa shape index (κ2) is 15.9. The smallest absolute Gasteiger partial charge is 0.407 e. The molecular formula is C38H55FN4O6. The molecule has 3 amide bonds. The van der Waals surface area contributed by atoms with Crippen LogP contribution in [0.25, 0.3) is 10.9 Å². The number of esters is 1. The topological polar surface area (TPSA) is 130 Å². The third-order valence-corrected chi connectivity index (χ3v) is 10.8. The summed E-state index contributed by atoms with van der Waals surface area (Å²) in [7, 11) is 0. The average molecular weight is 683 g/mol. The molecule has 3 atom stereocenters. The van der Waals surface area contributed by atoms with Crippen molar-refractivity contribution in [1.82, 2.24) is 15.2 Å². The Labute approximate surface area is 289 Å². The lowest BCUT2D eigenvalue weighted by Crippen LogP contribution is -2.50. The molecule has 2 saturated carbocycles. The number of benzene rings is 1. The van der Waals surface area contributed by atoms with Gasteiger partial charge in [0, 0.05) is 29.1 Å². The van der Waals surface area contributed by atoms with Crippen molar-refractivity contribution in [3.8, 4) is 0 Å². The molecule has 3 fully saturated rings. The third-order valence-electron chi connectivity index (χ3n) is 10.8. The lowest BCUT2D eigenvalue weighted by molar-refractivity contribution is -0.142. The average Bonchev–Trinajstić information content (AvgIpc) is 3.69. The molecule has 1 aliphatic heterocycles. The van der Waals surface area contributed by atoms with Crippen LogP contribution in [0.2, 0.25) is 0 Å². The van der Waals surface area contributed by atoms with Crippen LogP contribution in [0.15, 0.2) is 18.2 Å². The quantitative estimate of drug-likeness (QED) is 0.225. The number of carbonyl (C=O) groups is 4. The van der Waals surface area contributed by atoms with Crippen LogP contribution in [0.5, 0.6) is 0 Å². The number of rotatable bonds is 10. The van der Waals surface area contributed by atoms with E-state index in [4.69, 9.17) is 9.47 Å². The second-order valence-electron chi connectivity index (χ2n) is 15.1. The van der Waals surface area contributed by atoms with E-state index in [9.17, 15) is 23.6 Å². The molecule has 270 valence electrons. The largest absolute Gasteiger partial charge is 0.461 e. The van der Waals surface area contributed by atoms with Gasteiger partial charge in [-0.05, 0) is 108 Å². The van der Waals surface area contributed by atoms with E-state index in [1.165, 1.54) is 6.42 Å². The lowest BCUT2D eigenvalue weighted by Gasteiger charge is -2.37. The fraction of sp³-hybridized carbons (Fsp3) is 0.684. The summed E-state index contributed by atoms with van der Waals surface area (Å²) < 4.78 is 24.7. The van der Waals surface area contributed by atoms with Crippen molar-refractivity contribution in [2.45, 2.75) is 123 Å². The minimum atomic E-state index is -0.696. The molecular weight excluding hydrogens is 627 g/mol. The van der Waals surface area contributed by atoms with Crippen molar-refractivity contribution in [3.05, 3.63) is 29.5 Å². The van der Waals surface area contributed by atoms with Crippen molar-refractivity contribution < 1.29 is 33.0 Å². The summed E-state index contributed by atoms with van der Waals surface area (Å²) in [5, 5.41) is 6.71. The molecule has 2 aromatic rings. The van der Waals surface area contributed by atoms with Crippen LogP contribution in [-0.4, -0.2) is 71.3 Å². The van der Waals surface area contributed by atoms with Gasteiger partial charge in [0.15, 0.2) is 0 Å². The first-order valence-electron chi connectivity index (χ1n) is 18.4. The summed E-state index contributed by atoms with van der Waals surface area (Å²) in [6, 6.07) is 4.37. The number of anilines is 1. The molecule has 1 aromatic heterocycles. The Kier molecular flexibility index (Phi) is 11.9. The molecule has 1 unspecified atom stereocenters. The Balaban J connectivity index is 1.30. The van der Waals surface area contributed by atoms with Crippen LogP contribution in [0, 0.1) is 23.7 Å². The summed E-state index contributed by atoms with van der Waals surface area (Å²) in [6.07, 6.45) is 8.82. The van der Waals surface area contributed by atoms with Crippen molar-refractivity contribution in [1.29, 1.82) is 0 Å². The van der Waals surface area contributed by atoms with Crippen LogP contribution in [-0.2, 0) is 25.5 Å². The summed E-state index contributed by atoms with van der Waals surface area (Å²) in [5.74, 6) is -0.418. The number of hydrogen-bond donors (Lipinski definition) is 3. The van der Waals surface area contributed by atoms with Gasteiger partial charge in [-0.3, -0.25) is 9.59 Å². The van der Waals surface area contributed by atoms with E-state index < -0.39 is 36.4 Å². The lowest BCUT2D eigenvalue weighted by atomic mass is 9.76. The van der Waals surface area contributed by atoms with E-state index in [2.05, 4.69) is 15.6 Å². The molecule has 2 heterocycles. The molecule has 0 spiro atoms. The Morgan fingerprint density at radius 2 is 1.71 bits per heavy atom. The Bertz CT molecular complexity index is 1490. The van der Waals surface area contributed by atoms with Crippen LogP contribution in [0.4, 0.5) is 14.9 Å². The maximum Gasteiger partial charge on any atom is 0.407 e. The molecule has 5 rings (SSSR count). The zero-order valence-corrected chi connectivity index (χ0v) is 29.9. The van der Waals surface area contributed by atoms with E-state index in [-0.39, 0.29) is 36.2 Å². The monoisotopic (exact) mass is 682 g/mol. The van der Waals surface area contributed by atoms with Crippen molar-refractivity contribution >= 4 is 40.5 Å². The zero-order valence-electron chi connectivity index (χ0n) is 29.9. The summed E-state index contributed by atoms with van der Waals surface area (Å²) >= 11 is 0. The van der Waals surface area contributed by atoms with Crippen molar-refractivity contribution in [2.75, 3.05) is 25.1 Å². The number of carbonyl (C=O) groups excluding carboxylic acids is 4. The van der Waals surface area contributed by atoms with Gasteiger partial charge in [0.2, 0.25) is 11.8 Å². The Morgan fingerprint density at radius 3 is 2.35 bits per heavy atom. The number of alkyl halides is 1. The van der Waals surface area contributed by atoms with E-state index >= 15 is 0 Å². The van der Waals surface area contributed by atoms with E-state index in [1.54, 1.807) is 27.7 Å². The minimum absolute atomic E-state index is 0.00208. The first-order valence-corrected chi connectivity index (χ1v) is 18.4. The number of alkyl carbamates (subject to hydrolysis) is 1. The molecule has 3 N–H and O–H groups in total. The molecule has 11 heteroatoms. The maximum absolute atomic E-state index is 14.3. The van der Waals surface area contributed by atoms with Crippen LogP contribution < -0.4 is 10.6 Å². The fourth-order valence-electron chi connectivity index (χ4n) is 8.49. The van der Waals surface area contributed by atoms with Crippen molar-refractivity contribution in [2.24, 2.45) is 23.7 Å². The summed E-state index contributed by atoms with van der Waals surface area (Å²) in [6.45, 7) is 9.19. The number of aryl methyl sites for hydroxylation is 1. The highest BCUT2D eigenvalue weighted by Crippen LogP contribution is 2.41. The van der Waals surface area contributed by atoms with Gasteiger partial charge in [-0.2, -0.15) is 0 Å². The number of nitrogens with one attached hydrogen (secondary N) is 3. The predicted octanol–water partition coefficient (Wildman–Crippen LogP) is 7.31. The standard InChI is InChI=1S/C38H55FN4O6/c1-6-27-29-21-26(17-18-30(29)41-32(27)36(46)48-7-2)40-34(44)33-28(23-11-9-8-10-12-23)19-20-43(33)35(45)25-15-13-24(14-16-25)31(22-39)42-37(47)49-38(3,4)5/h17-18,21,23-25,28,31,33,41H,6-16,19-20,22H2,1-5H3,(H,40,44)(H,42,47)/t24?,25?,28-,31?,33-/m0/s1. The number of ether oxygens (including phenoxy) is 2. The van der Waals surface area contributed by atoms with E-state index in [0.717, 1.165) is 48.6 Å². The molecule has 10 nitrogen and oxygen atoms in total. The minimum Gasteiger partial charge on any atom is -0.461 e. The zero-order chi connectivity index (χ0) is 35.3. The number of aromatic amines is 1. The number of likely N-dealkylation sites (tertiary alicyclic amines) is 1. The highest BCUT2D eigenvalue weighted by atomic mass is 19.1. The second-order valence-corrected chi connectivity index (χ2v) is 15.1. The van der Waals surface area contributed by atoms with E-state index in [1.807, 2.05) is 30.0 Å². The number of aromatic nitrogens is 1. The third kappa shape index (κ3) is 8.58. The van der Waals surface area contributed by atoms with Gasteiger partial charge in [-0.15, -0.1) is 0 Å². The fourth-order valence-corrected chi connectivity index (χ4v) is 8.49. The van der Waals surface area contributed by atoms with Gasteiger partial charge < -0.3 is 30.0 Å². The SMILES string of the molecule is CCOC(=O)c1[nH]c2ccc(NC(=O)[C@@H]3[C@H](C4CCCCC4)CCN3C(=O)C3CCC(C(CF)NC(=O)OC(C)(C)C)CC3)cc2c1CC. The first kappa shape index (κ1) is 36.6. The number of nitrogens with zero attached hydrogens (tertiary/aromatic N) is 1. The van der Waals surface area contributed by atoms with E-state index in [0.29, 0.717) is 55.9 Å². The first-order chi connectivity index (χ1) is 23.4. The number of halogens is 1. The molecule has 3 aliphatic rings. The Morgan fingerprint density at radius 1 is 1.00 bits per heavy atom. The van der Waals surface area contributed by atoms with Gasteiger partial charge in [0.05, 0.1) is 12.6 Å². The van der Waals surface area contributed by atoms with Crippen LogP contribution in [0.3, 0.4) is 0 Å².